The summed E-state index contributed by atoms with van der Waals surface area (Å²) in [4.78, 5) is 23.9. The number of hydrogen-bond acceptors (Lipinski definition) is 8. The molecule has 1 heterocycles. The number of amides is 1. The number of nitrogens with zero attached hydrogens (tertiary/aromatic N) is 2. The third kappa shape index (κ3) is 6.37. The molecule has 3 N–H and O–H groups in total. The SMILES string of the molecule is O=C(O)CC1CCC(c2ccc(NC(=O)c3nnc(Nc4ccc(S(=O)(=O)c5ccccc5)cc4)o3)cc2)CC1. The highest BCUT2D eigenvalue weighted by molar-refractivity contribution is 7.91. The average molecular weight is 561 g/mol. The van der Waals surface area contributed by atoms with Crippen LogP contribution in [0.2, 0.25) is 0 Å². The number of nitrogens with one attached hydrogen (secondary N) is 2. The van der Waals surface area contributed by atoms with E-state index in [9.17, 15) is 18.0 Å². The molecule has 0 spiro atoms. The Hall–Kier alpha value is -4.51. The van der Waals surface area contributed by atoms with Crippen LogP contribution in [0.15, 0.2) is 93.1 Å². The Morgan fingerprint density at radius 1 is 0.825 bits per heavy atom. The molecule has 1 aliphatic rings. The van der Waals surface area contributed by atoms with Gasteiger partial charge in [0.15, 0.2) is 0 Å². The van der Waals surface area contributed by atoms with Gasteiger partial charge in [-0.15, -0.1) is 5.10 Å². The Labute approximate surface area is 231 Å². The first-order valence-corrected chi connectivity index (χ1v) is 14.4. The lowest BCUT2D eigenvalue weighted by Crippen LogP contribution is -2.16. The molecule has 0 radical (unpaired) electrons. The molecule has 0 unspecified atom stereocenters. The van der Waals surface area contributed by atoms with Crippen LogP contribution in [0.5, 0.6) is 0 Å². The molecule has 206 valence electrons. The zero-order valence-electron chi connectivity index (χ0n) is 21.5. The summed E-state index contributed by atoms with van der Waals surface area (Å²) in [5, 5.41) is 22.2. The maximum Gasteiger partial charge on any atom is 0.320 e. The number of carbonyl (C=O) groups is 2. The predicted octanol–water partition coefficient (Wildman–Crippen LogP) is 5.65. The smallest absolute Gasteiger partial charge is 0.320 e. The van der Waals surface area contributed by atoms with Crippen molar-refractivity contribution in [1.82, 2.24) is 10.2 Å². The lowest BCUT2D eigenvalue weighted by Gasteiger charge is -2.28. The second kappa shape index (κ2) is 11.7. The van der Waals surface area contributed by atoms with Crippen LogP contribution >= 0.6 is 0 Å². The van der Waals surface area contributed by atoms with Gasteiger partial charge in [-0.25, -0.2) is 8.42 Å². The van der Waals surface area contributed by atoms with Gasteiger partial charge in [-0.05, 0) is 91.6 Å². The maximum atomic E-state index is 12.8. The number of aromatic nitrogens is 2. The van der Waals surface area contributed by atoms with Crippen molar-refractivity contribution in [3.05, 3.63) is 90.3 Å². The van der Waals surface area contributed by atoms with Gasteiger partial charge in [-0.1, -0.05) is 35.4 Å². The van der Waals surface area contributed by atoms with Crippen molar-refractivity contribution in [2.24, 2.45) is 5.92 Å². The fourth-order valence-electron chi connectivity index (χ4n) is 4.91. The predicted molar refractivity (Wildman–Crippen MR) is 147 cm³/mol. The highest BCUT2D eigenvalue weighted by Gasteiger charge is 2.24. The van der Waals surface area contributed by atoms with E-state index in [1.54, 1.807) is 30.3 Å². The van der Waals surface area contributed by atoms with E-state index in [-0.39, 0.29) is 34.0 Å². The van der Waals surface area contributed by atoms with Gasteiger partial charge < -0.3 is 20.2 Å². The van der Waals surface area contributed by atoms with Crippen molar-refractivity contribution in [3.63, 3.8) is 0 Å². The first kappa shape index (κ1) is 27.1. The van der Waals surface area contributed by atoms with E-state index in [2.05, 4.69) is 20.8 Å². The van der Waals surface area contributed by atoms with Crippen LogP contribution in [0.3, 0.4) is 0 Å². The topological polar surface area (TPSA) is 151 Å². The fourth-order valence-corrected chi connectivity index (χ4v) is 6.19. The molecule has 0 atom stereocenters. The third-order valence-electron chi connectivity index (χ3n) is 7.04. The van der Waals surface area contributed by atoms with Crippen LogP contribution in [0.25, 0.3) is 0 Å². The number of rotatable bonds is 9. The van der Waals surface area contributed by atoms with Crippen LogP contribution in [-0.2, 0) is 14.6 Å². The molecule has 1 amide bonds. The summed E-state index contributed by atoms with van der Waals surface area (Å²) in [5.74, 6) is -0.903. The zero-order chi connectivity index (χ0) is 28.1. The number of carbonyl (C=O) groups excluding carboxylic acids is 1. The zero-order valence-corrected chi connectivity index (χ0v) is 22.3. The van der Waals surface area contributed by atoms with Crippen LogP contribution in [0, 0.1) is 5.92 Å². The molecule has 1 aliphatic carbocycles. The second-order valence-electron chi connectivity index (χ2n) is 9.77. The molecule has 40 heavy (non-hydrogen) atoms. The minimum absolute atomic E-state index is 0.0161. The molecule has 4 aromatic rings. The number of anilines is 3. The van der Waals surface area contributed by atoms with Crippen molar-refractivity contribution < 1.29 is 27.5 Å². The molecule has 3 aromatic carbocycles. The number of benzene rings is 3. The summed E-state index contributed by atoms with van der Waals surface area (Å²) in [6, 6.07) is 21.8. The molecule has 11 heteroatoms. The fraction of sp³-hybridized carbons (Fsp3) is 0.241. The monoisotopic (exact) mass is 560 g/mol. The standard InChI is InChI=1S/C29H28N4O6S/c34-26(35)18-19-6-8-20(9-7-19)21-10-12-22(13-11-21)30-27(36)28-32-33-29(39-28)31-23-14-16-25(17-15-23)40(37,38)24-4-2-1-3-5-24/h1-5,10-17,19-20H,6-9,18H2,(H,30,36)(H,31,33)(H,34,35). The number of carboxylic acid groups (broad SMARTS) is 1. The number of sulfone groups is 1. The largest absolute Gasteiger partial charge is 0.481 e. The molecule has 1 saturated carbocycles. The summed E-state index contributed by atoms with van der Waals surface area (Å²) in [5.41, 5.74) is 2.25. The highest BCUT2D eigenvalue weighted by atomic mass is 32.2. The summed E-state index contributed by atoms with van der Waals surface area (Å²) < 4.78 is 30.9. The van der Waals surface area contributed by atoms with Gasteiger partial charge in [-0.3, -0.25) is 9.59 Å². The second-order valence-corrected chi connectivity index (χ2v) is 11.7. The van der Waals surface area contributed by atoms with Crippen molar-refractivity contribution in [2.75, 3.05) is 10.6 Å². The average Bonchev–Trinajstić information content (AvgIpc) is 3.43. The van der Waals surface area contributed by atoms with E-state index >= 15 is 0 Å². The van der Waals surface area contributed by atoms with Crippen molar-refractivity contribution in [1.29, 1.82) is 0 Å². The van der Waals surface area contributed by atoms with Crippen molar-refractivity contribution in [2.45, 2.75) is 47.8 Å². The van der Waals surface area contributed by atoms with Gasteiger partial charge in [0.25, 0.3) is 0 Å². The first-order chi connectivity index (χ1) is 19.3. The van der Waals surface area contributed by atoms with Gasteiger partial charge in [0.05, 0.1) is 9.79 Å². The highest BCUT2D eigenvalue weighted by Crippen LogP contribution is 2.37. The normalized spacial score (nSPS) is 17.2. The molecule has 0 aliphatic heterocycles. The Kier molecular flexibility index (Phi) is 7.92. The molecular weight excluding hydrogens is 532 g/mol. The minimum Gasteiger partial charge on any atom is -0.481 e. The van der Waals surface area contributed by atoms with Gasteiger partial charge in [0.1, 0.15) is 0 Å². The van der Waals surface area contributed by atoms with Gasteiger partial charge >= 0.3 is 23.8 Å². The van der Waals surface area contributed by atoms with Crippen LogP contribution in [0.1, 0.15) is 54.3 Å². The summed E-state index contributed by atoms with van der Waals surface area (Å²) >= 11 is 0. The Balaban J connectivity index is 1.15. The van der Waals surface area contributed by atoms with Crippen LogP contribution in [0.4, 0.5) is 17.4 Å². The number of carboxylic acids is 1. The van der Waals surface area contributed by atoms with Gasteiger partial charge in [0, 0.05) is 17.8 Å². The molecule has 0 saturated heterocycles. The quantitative estimate of drug-likeness (QED) is 0.236. The number of hydrogen-bond donors (Lipinski definition) is 3. The Morgan fingerprint density at radius 2 is 1.45 bits per heavy atom. The molecule has 1 aromatic heterocycles. The van der Waals surface area contributed by atoms with Crippen molar-refractivity contribution in [3.8, 4) is 0 Å². The van der Waals surface area contributed by atoms with E-state index < -0.39 is 21.7 Å². The summed E-state index contributed by atoms with van der Waals surface area (Å²) in [6.45, 7) is 0. The molecule has 1 fully saturated rings. The van der Waals surface area contributed by atoms with Gasteiger partial charge in [-0.2, -0.15) is 0 Å². The molecule has 5 rings (SSSR count). The van der Waals surface area contributed by atoms with E-state index in [0.29, 0.717) is 17.3 Å². The number of aliphatic carboxylic acids is 1. The third-order valence-corrected chi connectivity index (χ3v) is 8.82. The molecular formula is C29H28N4O6S. The summed E-state index contributed by atoms with van der Waals surface area (Å²) in [7, 11) is -3.63. The van der Waals surface area contributed by atoms with E-state index in [4.69, 9.17) is 9.52 Å². The minimum atomic E-state index is -3.63. The Bertz CT molecular complexity index is 1580. The van der Waals surface area contributed by atoms with Crippen molar-refractivity contribution >= 4 is 39.1 Å². The first-order valence-electron chi connectivity index (χ1n) is 12.9. The Morgan fingerprint density at radius 3 is 2.10 bits per heavy atom. The maximum absolute atomic E-state index is 12.8. The molecule has 10 nitrogen and oxygen atoms in total. The van der Waals surface area contributed by atoms with Gasteiger partial charge in [0.2, 0.25) is 9.84 Å². The van der Waals surface area contributed by atoms with Crippen LogP contribution < -0.4 is 10.6 Å². The van der Waals surface area contributed by atoms with E-state index in [1.807, 2.05) is 24.3 Å². The summed E-state index contributed by atoms with van der Waals surface area (Å²) in [6.07, 6.45) is 3.94. The lowest BCUT2D eigenvalue weighted by atomic mass is 9.77. The van der Waals surface area contributed by atoms with E-state index in [0.717, 1.165) is 25.7 Å². The van der Waals surface area contributed by atoms with E-state index in [1.165, 1.54) is 29.8 Å². The molecule has 0 bridgehead atoms. The lowest BCUT2D eigenvalue weighted by molar-refractivity contribution is -0.138. The van der Waals surface area contributed by atoms with Crippen LogP contribution in [-0.4, -0.2) is 35.6 Å².